The van der Waals surface area contributed by atoms with E-state index in [1.165, 1.54) is 97.5 Å². The molecule has 15 heteroatoms. The molecule has 0 atom stereocenters. The number of nitrogens with zero attached hydrogens (tertiary/aromatic N) is 4. The topological polar surface area (TPSA) is 158 Å². The van der Waals surface area contributed by atoms with E-state index in [1.807, 2.05) is 0 Å². The number of ketones is 2. The molecule has 0 aliphatic rings. The van der Waals surface area contributed by atoms with Crippen LogP contribution < -0.4 is 11.1 Å². The molecule has 2 heterocycles. The van der Waals surface area contributed by atoms with Crippen LogP contribution in [0, 0.1) is 23.3 Å². The van der Waals surface area contributed by atoms with Gasteiger partial charge in [-0.25, -0.2) is 17.6 Å². The van der Waals surface area contributed by atoms with Gasteiger partial charge in [-0.3, -0.25) is 39.1 Å². The van der Waals surface area contributed by atoms with Gasteiger partial charge in [0, 0.05) is 58.4 Å². The number of hydrogen-bond donors (Lipinski definition) is 2. The van der Waals surface area contributed by atoms with Crippen LogP contribution in [0.15, 0.2) is 146 Å². The highest BCUT2D eigenvalue weighted by atomic mass is 35.5. The standard InChI is InChI=1S/C22H13F2N3O2.C15H10FN3O.C7H4ClFO/c23-15-3-1-2-14(10-15)22(29)27-16-5-6-18(24)17(12-16)21(28)13-4-7-19-20(11-13)26-9-8-25-19;16-12-3-2-10(17)8-11(12)15(20)9-1-4-13-14(7-9)19-6-5-18-13;8-7(10)5-2-1-3-6(9)4-5/h1-12H,(H,27,29);1-8H,17H2;1-4H. The van der Waals surface area contributed by atoms with E-state index in [2.05, 4.69) is 25.3 Å². The van der Waals surface area contributed by atoms with Crippen molar-refractivity contribution in [3.8, 4) is 0 Å². The molecule has 1 amide bonds. The van der Waals surface area contributed by atoms with Crippen LogP contribution in [0.5, 0.6) is 0 Å². The van der Waals surface area contributed by atoms with E-state index in [-0.39, 0.29) is 33.5 Å². The van der Waals surface area contributed by atoms with Crippen LogP contribution in [-0.4, -0.2) is 42.7 Å². The molecule has 0 spiro atoms. The van der Waals surface area contributed by atoms with Crippen LogP contribution in [-0.2, 0) is 0 Å². The van der Waals surface area contributed by atoms with Crippen molar-refractivity contribution in [3.05, 3.63) is 203 Å². The van der Waals surface area contributed by atoms with E-state index in [4.69, 9.17) is 17.3 Å². The minimum atomic E-state index is -0.724. The van der Waals surface area contributed by atoms with Crippen molar-refractivity contribution in [1.29, 1.82) is 0 Å². The van der Waals surface area contributed by atoms with Gasteiger partial charge in [0.05, 0.1) is 33.2 Å². The summed E-state index contributed by atoms with van der Waals surface area (Å²) < 4.78 is 53.7. The van der Waals surface area contributed by atoms with Crippen molar-refractivity contribution in [2.75, 3.05) is 11.1 Å². The smallest absolute Gasteiger partial charge is 0.255 e. The first-order chi connectivity index (χ1) is 28.4. The van der Waals surface area contributed by atoms with E-state index in [1.54, 1.807) is 30.5 Å². The zero-order valence-electron chi connectivity index (χ0n) is 30.2. The molecule has 0 saturated carbocycles. The second-order valence-electron chi connectivity index (χ2n) is 12.4. The Labute approximate surface area is 337 Å². The number of nitrogens with two attached hydrogens (primary N) is 1. The Morgan fingerprint density at radius 2 is 0.966 bits per heavy atom. The number of nitrogens with one attached hydrogen (secondary N) is 1. The number of aromatic nitrogens is 4. The van der Waals surface area contributed by atoms with Crippen LogP contribution in [0.3, 0.4) is 0 Å². The summed E-state index contributed by atoms with van der Waals surface area (Å²) in [5.74, 6) is -3.88. The predicted octanol–water partition coefficient (Wildman–Crippen LogP) is 9.18. The zero-order valence-corrected chi connectivity index (χ0v) is 31.0. The van der Waals surface area contributed by atoms with Gasteiger partial charge in [-0.2, -0.15) is 0 Å². The fourth-order valence-corrected chi connectivity index (χ4v) is 5.58. The minimum Gasteiger partial charge on any atom is -0.399 e. The van der Waals surface area contributed by atoms with Gasteiger partial charge in [0.15, 0.2) is 11.6 Å². The maximum absolute atomic E-state index is 14.3. The third-order valence-electron chi connectivity index (χ3n) is 8.31. The van der Waals surface area contributed by atoms with Crippen molar-refractivity contribution in [3.63, 3.8) is 0 Å². The molecule has 0 bridgehead atoms. The summed E-state index contributed by atoms with van der Waals surface area (Å²) in [5, 5.41) is 1.90. The maximum atomic E-state index is 14.3. The Bertz CT molecular complexity index is 2900. The van der Waals surface area contributed by atoms with E-state index in [0.717, 1.165) is 18.2 Å². The SMILES string of the molecule is Nc1ccc(F)c(C(=O)c2ccc3nccnc3c2)c1.O=C(Cl)c1cccc(F)c1.O=C(Nc1ccc(F)c(C(=O)c2ccc3nccnc3c2)c1)c1cccc(F)c1. The minimum absolute atomic E-state index is 0.0479. The molecule has 59 heavy (non-hydrogen) atoms. The molecule has 8 rings (SSSR count). The predicted molar refractivity (Wildman–Crippen MR) is 214 cm³/mol. The zero-order chi connectivity index (χ0) is 42.1. The fourth-order valence-electron chi connectivity index (χ4n) is 5.46. The third kappa shape index (κ3) is 10.4. The van der Waals surface area contributed by atoms with E-state index in [0.29, 0.717) is 33.3 Å². The lowest BCUT2D eigenvalue weighted by molar-refractivity contribution is 0.101. The van der Waals surface area contributed by atoms with Crippen molar-refractivity contribution < 1.29 is 36.7 Å². The molecule has 8 aromatic rings. The first-order valence-electron chi connectivity index (χ1n) is 17.2. The van der Waals surface area contributed by atoms with Gasteiger partial charge in [0.1, 0.15) is 23.3 Å². The molecule has 2 aromatic heterocycles. The summed E-state index contributed by atoms with van der Waals surface area (Å²) in [6.45, 7) is 0. The number of rotatable bonds is 7. The number of carbonyl (C=O) groups is 4. The van der Waals surface area contributed by atoms with Gasteiger partial charge < -0.3 is 11.1 Å². The lowest BCUT2D eigenvalue weighted by Crippen LogP contribution is -2.13. The molecule has 3 N–H and O–H groups in total. The molecule has 0 saturated heterocycles. The van der Waals surface area contributed by atoms with Crippen molar-refractivity contribution in [2.24, 2.45) is 0 Å². The van der Waals surface area contributed by atoms with E-state index < -0.39 is 46.0 Å². The van der Waals surface area contributed by atoms with Crippen molar-refractivity contribution >= 4 is 67.8 Å². The monoisotopic (exact) mass is 814 g/mol. The van der Waals surface area contributed by atoms with Crippen LogP contribution in [0.25, 0.3) is 22.1 Å². The van der Waals surface area contributed by atoms with Crippen LogP contribution in [0.2, 0.25) is 0 Å². The van der Waals surface area contributed by atoms with Crippen molar-refractivity contribution in [1.82, 2.24) is 19.9 Å². The maximum Gasteiger partial charge on any atom is 0.255 e. The van der Waals surface area contributed by atoms with Crippen LogP contribution in [0.4, 0.5) is 28.9 Å². The summed E-state index contributed by atoms with van der Waals surface area (Å²) in [5.41, 5.74) is 9.16. The number of anilines is 2. The normalized spacial score (nSPS) is 10.5. The molecule has 6 aromatic carbocycles. The Balaban J connectivity index is 0.000000168. The number of fused-ring (bicyclic) bond motifs is 2. The molecule has 0 radical (unpaired) electrons. The molecule has 10 nitrogen and oxygen atoms in total. The highest BCUT2D eigenvalue weighted by Gasteiger charge is 2.18. The number of halogens is 5. The summed E-state index contributed by atoms with van der Waals surface area (Å²) in [4.78, 5) is 64.3. The fraction of sp³-hybridized carbons (Fsp3) is 0. The van der Waals surface area contributed by atoms with Gasteiger partial charge >= 0.3 is 0 Å². The average molecular weight is 815 g/mol. The number of carbonyl (C=O) groups excluding carboxylic acids is 4. The first kappa shape index (κ1) is 40.9. The molecule has 0 fully saturated rings. The molecule has 0 aliphatic carbocycles. The number of benzene rings is 6. The largest absolute Gasteiger partial charge is 0.399 e. The Hall–Kier alpha value is -7.71. The molecule has 0 unspecified atom stereocenters. The first-order valence-corrected chi connectivity index (χ1v) is 17.6. The second kappa shape index (κ2) is 18.5. The van der Waals surface area contributed by atoms with E-state index >= 15 is 0 Å². The lowest BCUT2D eigenvalue weighted by atomic mass is 10.0. The van der Waals surface area contributed by atoms with E-state index in [9.17, 15) is 36.7 Å². The Morgan fingerprint density at radius 1 is 0.492 bits per heavy atom. The Kier molecular flexibility index (Phi) is 12.8. The van der Waals surface area contributed by atoms with Gasteiger partial charge in [0.25, 0.3) is 11.1 Å². The van der Waals surface area contributed by atoms with Gasteiger partial charge in [-0.1, -0.05) is 12.1 Å². The molecule has 0 aliphatic heterocycles. The van der Waals surface area contributed by atoms with Gasteiger partial charge in [0.2, 0.25) is 0 Å². The molecular weight excluding hydrogens is 788 g/mol. The highest BCUT2D eigenvalue weighted by Crippen LogP contribution is 2.22. The second-order valence-corrected chi connectivity index (χ2v) is 12.7. The number of hydrogen-bond acceptors (Lipinski definition) is 9. The van der Waals surface area contributed by atoms with Gasteiger partial charge in [-0.05, 0) is 121 Å². The number of amides is 1. The number of nitrogen functional groups attached to an aromatic ring is 1. The van der Waals surface area contributed by atoms with Crippen LogP contribution in [0.1, 0.15) is 52.6 Å². The summed E-state index contributed by atoms with van der Waals surface area (Å²) in [7, 11) is 0. The summed E-state index contributed by atoms with van der Waals surface area (Å²) >= 11 is 5.07. The lowest BCUT2D eigenvalue weighted by Gasteiger charge is -2.09. The van der Waals surface area contributed by atoms with Gasteiger partial charge in [-0.15, -0.1) is 0 Å². The Morgan fingerprint density at radius 3 is 1.47 bits per heavy atom. The quantitative estimate of drug-likeness (QED) is 0.0693. The highest BCUT2D eigenvalue weighted by molar-refractivity contribution is 6.67. The summed E-state index contributed by atoms with van der Waals surface area (Å²) in [6, 6.07) is 27.6. The third-order valence-corrected chi connectivity index (χ3v) is 8.52. The van der Waals surface area contributed by atoms with Crippen LogP contribution >= 0.6 is 11.6 Å². The molecular formula is C44H27ClF4N6O4. The molecule has 292 valence electrons. The summed E-state index contributed by atoms with van der Waals surface area (Å²) in [6.07, 6.45) is 6.15. The average Bonchev–Trinajstić information content (AvgIpc) is 3.24. The van der Waals surface area contributed by atoms with Crippen molar-refractivity contribution in [2.45, 2.75) is 0 Å².